The van der Waals surface area contributed by atoms with E-state index in [0.717, 1.165) is 37.1 Å². The Morgan fingerprint density at radius 1 is 1.26 bits per heavy atom. The van der Waals surface area contributed by atoms with Crippen molar-refractivity contribution in [3.63, 3.8) is 0 Å². The summed E-state index contributed by atoms with van der Waals surface area (Å²) in [5.41, 5.74) is 2.49. The van der Waals surface area contributed by atoms with Crippen LogP contribution in [0.3, 0.4) is 0 Å². The van der Waals surface area contributed by atoms with Gasteiger partial charge in [0.05, 0.1) is 0 Å². The van der Waals surface area contributed by atoms with E-state index in [1.165, 1.54) is 17.7 Å². The smallest absolute Gasteiger partial charge is 0.163 e. The zero-order chi connectivity index (χ0) is 13.2. The molecule has 0 spiro atoms. The van der Waals surface area contributed by atoms with Gasteiger partial charge in [-0.3, -0.25) is 0 Å². The minimum Gasteiger partial charge on any atom is -0.486 e. The minimum atomic E-state index is 0.645. The first-order chi connectivity index (χ1) is 9.24. The van der Waals surface area contributed by atoms with Gasteiger partial charge in [-0.1, -0.05) is 0 Å². The molecule has 104 valence electrons. The first-order valence-corrected chi connectivity index (χ1v) is 7.06. The number of ether oxygens (including phenoxy) is 2. The van der Waals surface area contributed by atoms with Crippen molar-refractivity contribution in [3.05, 3.63) is 17.7 Å². The summed E-state index contributed by atoms with van der Waals surface area (Å²) in [6.45, 7) is 6.80. The van der Waals surface area contributed by atoms with Crippen molar-refractivity contribution in [1.29, 1.82) is 0 Å². The molecule has 0 saturated carbocycles. The van der Waals surface area contributed by atoms with Gasteiger partial charge in [0, 0.05) is 25.3 Å². The fourth-order valence-corrected chi connectivity index (χ4v) is 2.95. The number of benzene rings is 1. The van der Waals surface area contributed by atoms with Crippen molar-refractivity contribution in [1.82, 2.24) is 5.32 Å². The predicted molar refractivity (Wildman–Crippen MR) is 76.4 cm³/mol. The number of fused-ring (bicyclic) bond motifs is 1. The van der Waals surface area contributed by atoms with Gasteiger partial charge in [0.2, 0.25) is 0 Å². The Balaban J connectivity index is 1.78. The van der Waals surface area contributed by atoms with Gasteiger partial charge in [-0.15, -0.1) is 0 Å². The van der Waals surface area contributed by atoms with E-state index in [1.54, 1.807) is 0 Å². The molecule has 1 N–H and O–H groups in total. The second-order valence-electron chi connectivity index (χ2n) is 5.52. The van der Waals surface area contributed by atoms with Crippen LogP contribution in [0.2, 0.25) is 0 Å². The maximum absolute atomic E-state index is 5.68. The number of aryl methyl sites for hydroxylation is 1. The third kappa shape index (κ3) is 2.63. The van der Waals surface area contributed by atoms with Crippen LogP contribution in [0.1, 0.15) is 12.0 Å². The monoisotopic (exact) mass is 262 g/mol. The molecule has 4 nitrogen and oxygen atoms in total. The molecule has 0 amide bonds. The lowest BCUT2D eigenvalue weighted by Crippen LogP contribution is -2.27. The van der Waals surface area contributed by atoms with Crippen LogP contribution in [0.25, 0.3) is 0 Å². The molecule has 0 aliphatic carbocycles. The van der Waals surface area contributed by atoms with Crippen LogP contribution in [0.4, 0.5) is 5.69 Å². The molecule has 2 aliphatic heterocycles. The van der Waals surface area contributed by atoms with Crippen molar-refractivity contribution >= 4 is 5.69 Å². The van der Waals surface area contributed by atoms with Crippen LogP contribution >= 0.6 is 0 Å². The fourth-order valence-electron chi connectivity index (χ4n) is 2.95. The summed E-state index contributed by atoms with van der Waals surface area (Å²) < 4.78 is 11.3. The normalized spacial score (nSPS) is 21.5. The Bertz CT molecular complexity index is 456. The molecule has 1 aromatic rings. The van der Waals surface area contributed by atoms with Gasteiger partial charge in [0.1, 0.15) is 13.2 Å². The highest BCUT2D eigenvalue weighted by molar-refractivity contribution is 5.61. The van der Waals surface area contributed by atoms with E-state index in [-0.39, 0.29) is 0 Å². The summed E-state index contributed by atoms with van der Waals surface area (Å²) in [7, 11) is 2.16. The second-order valence-corrected chi connectivity index (χ2v) is 5.52. The number of rotatable bonds is 3. The van der Waals surface area contributed by atoms with Gasteiger partial charge < -0.3 is 19.7 Å². The van der Waals surface area contributed by atoms with Gasteiger partial charge in [0.25, 0.3) is 0 Å². The largest absolute Gasteiger partial charge is 0.486 e. The average Bonchev–Trinajstić information content (AvgIpc) is 2.90. The van der Waals surface area contributed by atoms with Crippen LogP contribution in [-0.2, 0) is 0 Å². The van der Waals surface area contributed by atoms with Crippen molar-refractivity contribution in [3.8, 4) is 11.5 Å². The first-order valence-electron chi connectivity index (χ1n) is 7.06. The number of hydrogen-bond acceptors (Lipinski definition) is 4. The van der Waals surface area contributed by atoms with E-state index in [4.69, 9.17) is 9.47 Å². The van der Waals surface area contributed by atoms with Gasteiger partial charge in [-0.25, -0.2) is 0 Å². The maximum atomic E-state index is 5.68. The highest BCUT2D eigenvalue weighted by Gasteiger charge is 2.20. The Labute approximate surface area is 114 Å². The molecule has 1 atom stereocenters. The van der Waals surface area contributed by atoms with Gasteiger partial charge in [-0.2, -0.15) is 0 Å². The molecule has 1 fully saturated rings. The maximum Gasteiger partial charge on any atom is 0.163 e. The quantitative estimate of drug-likeness (QED) is 0.901. The van der Waals surface area contributed by atoms with Crippen molar-refractivity contribution in [2.75, 3.05) is 44.8 Å². The highest BCUT2D eigenvalue weighted by atomic mass is 16.6. The van der Waals surface area contributed by atoms with Crippen molar-refractivity contribution in [2.24, 2.45) is 5.92 Å². The summed E-state index contributed by atoms with van der Waals surface area (Å²) in [5.74, 6) is 2.50. The average molecular weight is 262 g/mol. The molecule has 4 heteroatoms. The molecule has 1 unspecified atom stereocenters. The number of hydrogen-bond donors (Lipinski definition) is 1. The molecule has 0 aromatic heterocycles. The van der Waals surface area contributed by atoms with E-state index in [0.29, 0.717) is 13.2 Å². The van der Waals surface area contributed by atoms with Crippen LogP contribution in [-0.4, -0.2) is 39.9 Å². The SMILES string of the molecule is Cc1cc2c(cc1N(C)CC1CCNC1)OCCO2. The molecular formula is C15H22N2O2. The molecule has 0 bridgehead atoms. The molecular weight excluding hydrogens is 240 g/mol. The molecule has 19 heavy (non-hydrogen) atoms. The Morgan fingerprint density at radius 2 is 2.00 bits per heavy atom. The van der Waals surface area contributed by atoms with E-state index >= 15 is 0 Å². The van der Waals surface area contributed by atoms with E-state index in [1.807, 2.05) is 0 Å². The lowest BCUT2D eigenvalue weighted by molar-refractivity contribution is 0.171. The third-order valence-electron chi connectivity index (χ3n) is 3.97. The first kappa shape index (κ1) is 12.6. The second kappa shape index (κ2) is 5.29. The van der Waals surface area contributed by atoms with Crippen LogP contribution < -0.4 is 19.7 Å². The Morgan fingerprint density at radius 3 is 2.68 bits per heavy atom. The van der Waals surface area contributed by atoms with E-state index in [2.05, 4.69) is 36.3 Å². The van der Waals surface area contributed by atoms with Crippen molar-refractivity contribution in [2.45, 2.75) is 13.3 Å². The summed E-state index contributed by atoms with van der Waals surface area (Å²) in [6.07, 6.45) is 1.27. The fraction of sp³-hybridized carbons (Fsp3) is 0.600. The lowest BCUT2D eigenvalue weighted by Gasteiger charge is -2.27. The number of nitrogens with one attached hydrogen (secondary N) is 1. The van der Waals surface area contributed by atoms with E-state index < -0.39 is 0 Å². The Hall–Kier alpha value is -1.42. The molecule has 1 aromatic carbocycles. The van der Waals surface area contributed by atoms with E-state index in [9.17, 15) is 0 Å². The number of nitrogens with zero attached hydrogens (tertiary/aromatic N) is 1. The van der Waals surface area contributed by atoms with Crippen LogP contribution in [0, 0.1) is 12.8 Å². The topological polar surface area (TPSA) is 33.7 Å². The standard InChI is InChI=1S/C15H22N2O2/c1-11-7-14-15(19-6-5-18-14)8-13(11)17(2)10-12-3-4-16-9-12/h7-8,12,16H,3-6,9-10H2,1-2H3. The van der Waals surface area contributed by atoms with Gasteiger partial charge >= 0.3 is 0 Å². The minimum absolute atomic E-state index is 0.645. The van der Waals surface area contributed by atoms with Crippen LogP contribution in [0.15, 0.2) is 12.1 Å². The Kier molecular flexibility index (Phi) is 3.51. The number of anilines is 1. The van der Waals surface area contributed by atoms with Gasteiger partial charge in [0.15, 0.2) is 11.5 Å². The summed E-state index contributed by atoms with van der Waals surface area (Å²) in [5, 5.41) is 3.42. The molecule has 2 aliphatic rings. The molecule has 0 radical (unpaired) electrons. The third-order valence-corrected chi connectivity index (χ3v) is 3.97. The summed E-state index contributed by atoms with van der Waals surface area (Å²) >= 11 is 0. The summed E-state index contributed by atoms with van der Waals surface area (Å²) in [6, 6.07) is 4.21. The van der Waals surface area contributed by atoms with Crippen LogP contribution in [0.5, 0.6) is 11.5 Å². The van der Waals surface area contributed by atoms with Crippen molar-refractivity contribution < 1.29 is 9.47 Å². The zero-order valence-electron chi connectivity index (χ0n) is 11.7. The van der Waals surface area contributed by atoms with Gasteiger partial charge in [-0.05, 0) is 44.0 Å². The summed E-state index contributed by atoms with van der Waals surface area (Å²) in [4.78, 5) is 2.34. The zero-order valence-corrected chi connectivity index (χ0v) is 11.7. The molecule has 1 saturated heterocycles. The predicted octanol–water partition coefficient (Wildman–Crippen LogP) is 1.81. The molecule has 2 heterocycles. The lowest BCUT2D eigenvalue weighted by atomic mass is 10.1. The molecule has 3 rings (SSSR count). The highest BCUT2D eigenvalue weighted by Crippen LogP contribution is 2.36.